The normalized spacial score (nSPS) is 10.3. The summed E-state index contributed by atoms with van der Waals surface area (Å²) in [7, 11) is 0. The number of aromatic nitrogens is 1. The van der Waals surface area contributed by atoms with E-state index in [-0.39, 0.29) is 5.82 Å². The molecule has 0 saturated heterocycles. The van der Waals surface area contributed by atoms with Crippen molar-refractivity contribution in [2.24, 2.45) is 0 Å². The highest BCUT2D eigenvalue weighted by molar-refractivity contribution is 5.75. The number of nitrogens with two attached hydrogens (primary N) is 1. The number of aryl methyl sites for hydroxylation is 1. The number of pyridine rings is 1. The molecule has 0 amide bonds. The van der Waals surface area contributed by atoms with Gasteiger partial charge in [-0.25, -0.2) is 4.39 Å². The summed E-state index contributed by atoms with van der Waals surface area (Å²) in [6.07, 6.45) is 3.26. The van der Waals surface area contributed by atoms with Crippen molar-refractivity contribution < 1.29 is 4.39 Å². The van der Waals surface area contributed by atoms with Gasteiger partial charge in [0.25, 0.3) is 0 Å². The van der Waals surface area contributed by atoms with Gasteiger partial charge < -0.3 is 5.73 Å². The molecule has 3 heteroatoms. The Bertz CT molecular complexity index is 495. The van der Waals surface area contributed by atoms with E-state index in [9.17, 15) is 4.39 Å². The lowest BCUT2D eigenvalue weighted by Crippen LogP contribution is -1.92. The molecule has 1 heterocycles. The smallest absolute Gasteiger partial charge is 0.126 e. The van der Waals surface area contributed by atoms with Gasteiger partial charge in [-0.15, -0.1) is 0 Å². The zero-order valence-corrected chi connectivity index (χ0v) is 8.37. The van der Waals surface area contributed by atoms with E-state index in [1.54, 1.807) is 31.5 Å². The van der Waals surface area contributed by atoms with Gasteiger partial charge in [-0.05, 0) is 36.2 Å². The number of nitrogen functional groups attached to an aromatic ring is 1. The molecular weight excluding hydrogens is 191 g/mol. The van der Waals surface area contributed by atoms with Crippen LogP contribution in [0.2, 0.25) is 0 Å². The maximum atomic E-state index is 13.1. The van der Waals surface area contributed by atoms with E-state index < -0.39 is 0 Å². The number of halogens is 1. The summed E-state index contributed by atoms with van der Waals surface area (Å²) >= 11 is 0. The fourth-order valence-corrected chi connectivity index (χ4v) is 1.48. The van der Waals surface area contributed by atoms with Crippen LogP contribution in [0.5, 0.6) is 0 Å². The third-order valence-corrected chi connectivity index (χ3v) is 2.32. The molecule has 2 rings (SSSR count). The fourth-order valence-electron chi connectivity index (χ4n) is 1.48. The van der Waals surface area contributed by atoms with Crippen molar-refractivity contribution in [2.75, 3.05) is 5.73 Å². The van der Waals surface area contributed by atoms with Crippen LogP contribution in [0.1, 0.15) is 5.56 Å². The van der Waals surface area contributed by atoms with Crippen LogP contribution in [0, 0.1) is 12.7 Å². The highest BCUT2D eigenvalue weighted by Crippen LogP contribution is 2.25. The van der Waals surface area contributed by atoms with Crippen molar-refractivity contribution in [1.29, 1.82) is 0 Å². The SMILES string of the molecule is Cc1cc(-c2ccncc2N)ccc1F. The minimum absolute atomic E-state index is 0.202. The third kappa shape index (κ3) is 1.81. The predicted octanol–water partition coefficient (Wildman–Crippen LogP) is 2.78. The van der Waals surface area contributed by atoms with Gasteiger partial charge in [0, 0.05) is 11.8 Å². The van der Waals surface area contributed by atoms with Crippen LogP contribution in [-0.4, -0.2) is 4.98 Å². The number of anilines is 1. The van der Waals surface area contributed by atoms with Gasteiger partial charge in [-0.1, -0.05) is 6.07 Å². The molecule has 2 N–H and O–H groups in total. The number of benzene rings is 1. The highest BCUT2D eigenvalue weighted by atomic mass is 19.1. The molecule has 1 aromatic carbocycles. The molecule has 0 aliphatic heterocycles. The molecule has 0 aliphatic rings. The van der Waals surface area contributed by atoms with Crippen molar-refractivity contribution >= 4 is 5.69 Å². The Kier molecular flexibility index (Phi) is 2.37. The molecule has 0 fully saturated rings. The fraction of sp³-hybridized carbons (Fsp3) is 0.0833. The summed E-state index contributed by atoms with van der Waals surface area (Å²) in [5, 5.41) is 0. The molecule has 0 aliphatic carbocycles. The Morgan fingerprint density at radius 1 is 1.27 bits per heavy atom. The van der Waals surface area contributed by atoms with E-state index in [4.69, 9.17) is 5.73 Å². The molecular formula is C12H11FN2. The number of nitrogens with zero attached hydrogens (tertiary/aromatic N) is 1. The van der Waals surface area contributed by atoms with Gasteiger partial charge in [0.15, 0.2) is 0 Å². The van der Waals surface area contributed by atoms with Crippen molar-refractivity contribution in [1.82, 2.24) is 4.98 Å². The van der Waals surface area contributed by atoms with Crippen LogP contribution in [0.3, 0.4) is 0 Å². The van der Waals surface area contributed by atoms with E-state index in [1.165, 1.54) is 6.07 Å². The number of rotatable bonds is 1. The molecule has 0 saturated carbocycles. The van der Waals surface area contributed by atoms with Crippen LogP contribution in [-0.2, 0) is 0 Å². The van der Waals surface area contributed by atoms with E-state index in [0.717, 1.165) is 11.1 Å². The molecule has 76 valence electrons. The van der Waals surface area contributed by atoms with Crippen LogP contribution < -0.4 is 5.73 Å². The van der Waals surface area contributed by atoms with E-state index in [1.807, 2.05) is 6.07 Å². The molecule has 0 bridgehead atoms. The van der Waals surface area contributed by atoms with Crippen LogP contribution in [0.25, 0.3) is 11.1 Å². The van der Waals surface area contributed by atoms with E-state index in [2.05, 4.69) is 4.98 Å². The molecule has 1 aromatic heterocycles. The van der Waals surface area contributed by atoms with Gasteiger partial charge in [0.1, 0.15) is 5.82 Å². The van der Waals surface area contributed by atoms with E-state index >= 15 is 0 Å². The second-order valence-corrected chi connectivity index (χ2v) is 3.43. The number of hydrogen-bond acceptors (Lipinski definition) is 2. The lowest BCUT2D eigenvalue weighted by Gasteiger charge is -2.06. The monoisotopic (exact) mass is 202 g/mol. The number of hydrogen-bond donors (Lipinski definition) is 1. The summed E-state index contributed by atoms with van der Waals surface area (Å²) < 4.78 is 13.1. The Hall–Kier alpha value is -1.90. The van der Waals surface area contributed by atoms with E-state index in [0.29, 0.717) is 11.3 Å². The van der Waals surface area contributed by atoms with Gasteiger partial charge in [-0.2, -0.15) is 0 Å². The van der Waals surface area contributed by atoms with Crippen molar-refractivity contribution in [3.05, 3.63) is 48.0 Å². The molecule has 2 aromatic rings. The molecule has 15 heavy (non-hydrogen) atoms. The summed E-state index contributed by atoms with van der Waals surface area (Å²) in [6.45, 7) is 1.73. The highest BCUT2D eigenvalue weighted by Gasteiger charge is 2.04. The molecule has 0 spiro atoms. The zero-order chi connectivity index (χ0) is 10.8. The summed E-state index contributed by atoms with van der Waals surface area (Å²) in [6, 6.07) is 6.77. The maximum absolute atomic E-state index is 13.1. The minimum atomic E-state index is -0.202. The minimum Gasteiger partial charge on any atom is -0.397 e. The van der Waals surface area contributed by atoms with Crippen molar-refractivity contribution in [2.45, 2.75) is 6.92 Å². The quantitative estimate of drug-likeness (QED) is 0.772. The predicted molar refractivity (Wildman–Crippen MR) is 58.8 cm³/mol. The van der Waals surface area contributed by atoms with Crippen molar-refractivity contribution in [3.63, 3.8) is 0 Å². The Balaban J connectivity index is 2.55. The lowest BCUT2D eigenvalue weighted by molar-refractivity contribution is 0.619. The van der Waals surface area contributed by atoms with Gasteiger partial charge in [0.05, 0.1) is 11.9 Å². The largest absolute Gasteiger partial charge is 0.397 e. The molecule has 0 atom stereocenters. The Labute approximate surface area is 87.6 Å². The lowest BCUT2D eigenvalue weighted by atomic mass is 10.0. The summed E-state index contributed by atoms with van der Waals surface area (Å²) in [5.41, 5.74) is 8.79. The zero-order valence-electron chi connectivity index (χ0n) is 8.37. The standard InChI is InChI=1S/C12H11FN2/c1-8-6-9(2-3-11(8)13)10-4-5-15-7-12(10)14/h2-7H,14H2,1H3. The summed E-state index contributed by atoms with van der Waals surface area (Å²) in [5.74, 6) is -0.202. The molecule has 0 unspecified atom stereocenters. The maximum Gasteiger partial charge on any atom is 0.126 e. The Morgan fingerprint density at radius 2 is 2.07 bits per heavy atom. The first-order valence-corrected chi connectivity index (χ1v) is 4.64. The Morgan fingerprint density at radius 3 is 2.73 bits per heavy atom. The molecule has 0 radical (unpaired) electrons. The first-order chi connectivity index (χ1) is 7.18. The second-order valence-electron chi connectivity index (χ2n) is 3.43. The average Bonchev–Trinajstić information content (AvgIpc) is 2.23. The van der Waals surface area contributed by atoms with Crippen LogP contribution in [0.4, 0.5) is 10.1 Å². The van der Waals surface area contributed by atoms with Gasteiger partial charge >= 0.3 is 0 Å². The van der Waals surface area contributed by atoms with Crippen LogP contribution in [0.15, 0.2) is 36.7 Å². The summed E-state index contributed by atoms with van der Waals surface area (Å²) in [4.78, 5) is 3.91. The first-order valence-electron chi connectivity index (χ1n) is 4.64. The van der Waals surface area contributed by atoms with Crippen molar-refractivity contribution in [3.8, 4) is 11.1 Å². The van der Waals surface area contributed by atoms with Gasteiger partial charge in [-0.3, -0.25) is 4.98 Å². The van der Waals surface area contributed by atoms with Gasteiger partial charge in [0.2, 0.25) is 0 Å². The van der Waals surface area contributed by atoms with Crippen LogP contribution >= 0.6 is 0 Å². The first kappa shape index (κ1) is 9.65. The average molecular weight is 202 g/mol. The topological polar surface area (TPSA) is 38.9 Å². The third-order valence-electron chi connectivity index (χ3n) is 2.32. The second kappa shape index (κ2) is 3.69. The molecule has 2 nitrogen and oxygen atoms in total.